The van der Waals surface area contributed by atoms with E-state index in [1.165, 1.54) is 31.4 Å². The quantitative estimate of drug-likeness (QED) is 0.684. The second-order valence-electron chi connectivity index (χ2n) is 7.93. The number of carbonyl (C=O) groups excluding carboxylic acids is 1. The monoisotopic (exact) mass is 369 g/mol. The zero-order valence-corrected chi connectivity index (χ0v) is 15.0. The lowest BCUT2D eigenvalue weighted by molar-refractivity contribution is -0.158. The van der Waals surface area contributed by atoms with Crippen LogP contribution in [-0.4, -0.2) is 38.7 Å². The molecule has 2 aromatic rings. The summed E-state index contributed by atoms with van der Waals surface area (Å²) in [5.74, 6) is 7.39. The predicted molar refractivity (Wildman–Crippen MR) is 98.2 cm³/mol. The minimum atomic E-state index is -0.495. The standard InChI is InChI=1S/C18H23N7O2/c19-27-16(26)18-8-12(9-18)25(10-18)17-20-6-5-14(22-17)21-15-7-13(23-24-15)11-3-1-2-4-11/h5-7,11-12H,1-4,8-10,19H2,(H2,20,21,22,23,24). The SMILES string of the molecule is NOC(=O)C12CC(C1)N(c1nccc(Nc3cc(C4CCCC4)[nH]n3)n1)C2. The number of carbonyl (C=O) groups is 1. The highest BCUT2D eigenvalue weighted by Crippen LogP contribution is 2.53. The molecule has 0 aromatic carbocycles. The Morgan fingerprint density at radius 3 is 2.93 bits per heavy atom. The molecule has 0 radical (unpaired) electrons. The fourth-order valence-corrected chi connectivity index (χ4v) is 4.77. The van der Waals surface area contributed by atoms with Crippen LogP contribution in [-0.2, 0) is 9.63 Å². The molecular weight excluding hydrogens is 346 g/mol. The van der Waals surface area contributed by atoms with Gasteiger partial charge in [-0.05, 0) is 31.7 Å². The van der Waals surface area contributed by atoms with Crippen molar-refractivity contribution in [3.05, 3.63) is 24.0 Å². The number of hydrogen-bond donors (Lipinski definition) is 3. The van der Waals surface area contributed by atoms with Crippen LogP contribution < -0.4 is 16.1 Å². The Balaban J connectivity index is 1.30. The maximum Gasteiger partial charge on any atom is 0.332 e. The molecule has 6 rings (SSSR count). The number of fused-ring (bicyclic) bond motifs is 1. The Morgan fingerprint density at radius 2 is 2.15 bits per heavy atom. The van der Waals surface area contributed by atoms with E-state index in [0.29, 0.717) is 24.2 Å². The average Bonchev–Trinajstić information content (AvgIpc) is 3.42. The largest absolute Gasteiger partial charge is 0.373 e. The van der Waals surface area contributed by atoms with Crippen molar-refractivity contribution in [2.24, 2.45) is 11.3 Å². The molecule has 4 fully saturated rings. The van der Waals surface area contributed by atoms with Gasteiger partial charge in [0.25, 0.3) is 0 Å². The third-order valence-electron chi connectivity index (χ3n) is 6.26. The third kappa shape index (κ3) is 2.73. The van der Waals surface area contributed by atoms with Crippen molar-refractivity contribution in [1.82, 2.24) is 20.2 Å². The van der Waals surface area contributed by atoms with Gasteiger partial charge in [0, 0.05) is 36.5 Å². The van der Waals surface area contributed by atoms with Crippen molar-refractivity contribution in [2.45, 2.75) is 50.5 Å². The Labute approximate surface area is 156 Å². The Kier molecular flexibility index (Phi) is 3.78. The lowest BCUT2D eigenvalue weighted by Crippen LogP contribution is -2.42. The van der Waals surface area contributed by atoms with E-state index in [1.54, 1.807) is 6.20 Å². The van der Waals surface area contributed by atoms with Crippen molar-refractivity contribution >= 4 is 23.6 Å². The molecule has 4 aliphatic rings. The summed E-state index contributed by atoms with van der Waals surface area (Å²) >= 11 is 0. The van der Waals surface area contributed by atoms with Gasteiger partial charge in [-0.2, -0.15) is 16.0 Å². The summed E-state index contributed by atoms with van der Waals surface area (Å²) in [6, 6.07) is 4.15. The van der Waals surface area contributed by atoms with Crippen LogP contribution >= 0.6 is 0 Å². The Morgan fingerprint density at radius 1 is 1.33 bits per heavy atom. The van der Waals surface area contributed by atoms with Gasteiger partial charge in [-0.15, -0.1) is 0 Å². The molecule has 142 valence electrons. The topological polar surface area (TPSA) is 122 Å². The number of anilines is 3. The Hall–Kier alpha value is -2.68. The third-order valence-corrected chi connectivity index (χ3v) is 6.26. The summed E-state index contributed by atoms with van der Waals surface area (Å²) < 4.78 is 0. The molecule has 2 saturated carbocycles. The smallest absolute Gasteiger partial charge is 0.332 e. The van der Waals surface area contributed by atoms with Gasteiger partial charge in [0.1, 0.15) is 5.82 Å². The fraction of sp³-hybridized carbons (Fsp3) is 0.556. The van der Waals surface area contributed by atoms with Crippen LogP contribution in [0.3, 0.4) is 0 Å². The molecule has 2 aromatic heterocycles. The van der Waals surface area contributed by atoms with Crippen LogP contribution in [0.4, 0.5) is 17.6 Å². The molecule has 4 N–H and O–H groups in total. The molecule has 0 unspecified atom stereocenters. The van der Waals surface area contributed by atoms with Crippen molar-refractivity contribution in [3.8, 4) is 0 Å². The summed E-state index contributed by atoms with van der Waals surface area (Å²) in [5.41, 5.74) is 0.691. The minimum absolute atomic E-state index is 0.263. The van der Waals surface area contributed by atoms with Gasteiger partial charge in [0.05, 0.1) is 5.41 Å². The van der Waals surface area contributed by atoms with E-state index in [-0.39, 0.29) is 12.0 Å². The van der Waals surface area contributed by atoms with Crippen molar-refractivity contribution in [2.75, 3.05) is 16.8 Å². The Bertz CT molecular complexity index is 855. The molecule has 0 spiro atoms. The number of hydrogen-bond acceptors (Lipinski definition) is 8. The van der Waals surface area contributed by atoms with Gasteiger partial charge in [-0.1, -0.05) is 12.8 Å². The lowest BCUT2D eigenvalue weighted by Gasteiger charge is -2.33. The lowest BCUT2D eigenvalue weighted by atomic mass is 9.70. The average molecular weight is 369 g/mol. The van der Waals surface area contributed by atoms with Crippen molar-refractivity contribution < 1.29 is 9.63 Å². The maximum atomic E-state index is 11.9. The van der Waals surface area contributed by atoms with Gasteiger partial charge in [0.2, 0.25) is 5.95 Å². The van der Waals surface area contributed by atoms with Gasteiger partial charge in [-0.25, -0.2) is 9.78 Å². The summed E-state index contributed by atoms with van der Waals surface area (Å²) in [6.45, 7) is 0.547. The van der Waals surface area contributed by atoms with Crippen molar-refractivity contribution in [1.29, 1.82) is 0 Å². The molecule has 4 heterocycles. The van der Waals surface area contributed by atoms with Crippen molar-refractivity contribution in [3.63, 3.8) is 0 Å². The van der Waals surface area contributed by atoms with E-state index >= 15 is 0 Å². The highest BCUT2D eigenvalue weighted by atomic mass is 16.7. The van der Waals surface area contributed by atoms with E-state index in [1.807, 2.05) is 6.07 Å². The number of aromatic nitrogens is 4. The van der Waals surface area contributed by atoms with Gasteiger partial charge in [-0.3, -0.25) is 5.10 Å². The molecular formula is C18H23N7O2. The molecule has 9 nitrogen and oxygen atoms in total. The molecule has 2 saturated heterocycles. The molecule has 27 heavy (non-hydrogen) atoms. The zero-order chi connectivity index (χ0) is 18.4. The normalized spacial score (nSPS) is 26.9. The first-order valence-electron chi connectivity index (χ1n) is 9.50. The van der Waals surface area contributed by atoms with Crippen LogP contribution in [0.25, 0.3) is 0 Å². The van der Waals surface area contributed by atoms with E-state index in [2.05, 4.69) is 41.3 Å². The highest BCUT2D eigenvalue weighted by molar-refractivity contribution is 5.81. The number of rotatable bonds is 5. The molecule has 2 aliphatic carbocycles. The second-order valence-corrected chi connectivity index (χ2v) is 7.93. The first-order valence-corrected chi connectivity index (χ1v) is 9.50. The van der Waals surface area contributed by atoms with Crippen LogP contribution in [0.2, 0.25) is 0 Å². The number of H-pyrrole nitrogens is 1. The minimum Gasteiger partial charge on any atom is -0.373 e. The van der Waals surface area contributed by atoms with E-state index in [0.717, 1.165) is 18.7 Å². The van der Waals surface area contributed by atoms with E-state index in [4.69, 9.17) is 5.90 Å². The summed E-state index contributed by atoms with van der Waals surface area (Å²) in [7, 11) is 0. The second kappa shape index (κ2) is 6.19. The van der Waals surface area contributed by atoms with Crippen LogP contribution in [0.15, 0.2) is 18.3 Å². The predicted octanol–water partition coefficient (Wildman–Crippen LogP) is 1.99. The number of nitrogens with two attached hydrogens (primary N) is 1. The van der Waals surface area contributed by atoms with Gasteiger partial charge < -0.3 is 15.1 Å². The summed E-state index contributed by atoms with van der Waals surface area (Å²) in [4.78, 5) is 27.5. The van der Waals surface area contributed by atoms with Crippen LogP contribution in [0, 0.1) is 5.41 Å². The maximum absolute atomic E-state index is 11.9. The van der Waals surface area contributed by atoms with E-state index < -0.39 is 5.41 Å². The highest BCUT2D eigenvalue weighted by Gasteiger charge is 2.61. The molecule has 2 bridgehead atoms. The molecule has 2 aliphatic heterocycles. The molecule has 0 atom stereocenters. The summed E-state index contributed by atoms with van der Waals surface area (Å²) in [5, 5.41) is 10.8. The number of nitrogens with zero attached hydrogens (tertiary/aromatic N) is 4. The van der Waals surface area contributed by atoms with Crippen LogP contribution in [0.1, 0.15) is 50.1 Å². The number of aromatic amines is 1. The first-order chi connectivity index (χ1) is 13.2. The zero-order valence-electron chi connectivity index (χ0n) is 15.0. The first kappa shape index (κ1) is 16.5. The summed E-state index contributed by atoms with van der Waals surface area (Å²) in [6.07, 6.45) is 8.24. The molecule has 9 heteroatoms. The fourth-order valence-electron chi connectivity index (χ4n) is 4.77. The van der Waals surface area contributed by atoms with Gasteiger partial charge in [0.15, 0.2) is 5.82 Å². The number of nitrogens with one attached hydrogen (secondary N) is 2. The van der Waals surface area contributed by atoms with Crippen LogP contribution in [0.5, 0.6) is 0 Å². The molecule has 0 amide bonds. The van der Waals surface area contributed by atoms with Gasteiger partial charge >= 0.3 is 5.97 Å². The van der Waals surface area contributed by atoms with E-state index in [9.17, 15) is 4.79 Å².